The van der Waals surface area contributed by atoms with Crippen LogP contribution in [0.5, 0.6) is 0 Å². The predicted molar refractivity (Wildman–Crippen MR) is 130 cm³/mol. The quantitative estimate of drug-likeness (QED) is 0.218. The number of rotatable bonds is 9. The summed E-state index contributed by atoms with van der Waals surface area (Å²) in [7, 11) is -3.31. The van der Waals surface area contributed by atoms with Crippen LogP contribution in [0.15, 0.2) is 35.3 Å². The zero-order valence-corrected chi connectivity index (χ0v) is 20.8. The minimum Gasteiger partial charge on any atom is -0.373 e. The number of nitrogens with zero attached hydrogens (tertiary/aromatic N) is 2. The average molecular weight is 538 g/mol. The van der Waals surface area contributed by atoms with Gasteiger partial charge in [0.05, 0.1) is 18.0 Å². The molecule has 2 unspecified atom stereocenters. The van der Waals surface area contributed by atoms with Crippen LogP contribution in [0.1, 0.15) is 32.8 Å². The van der Waals surface area contributed by atoms with Gasteiger partial charge in [0.1, 0.15) is 0 Å². The van der Waals surface area contributed by atoms with Crippen molar-refractivity contribution in [1.29, 1.82) is 0 Å². The molecular formula is C20H35IN4O3S. The van der Waals surface area contributed by atoms with Gasteiger partial charge in [0.15, 0.2) is 5.96 Å². The molecule has 1 aliphatic heterocycles. The van der Waals surface area contributed by atoms with Gasteiger partial charge in [-0.05, 0) is 39.2 Å². The van der Waals surface area contributed by atoms with Gasteiger partial charge in [-0.25, -0.2) is 8.42 Å². The van der Waals surface area contributed by atoms with Crippen LogP contribution in [-0.4, -0.2) is 69.4 Å². The van der Waals surface area contributed by atoms with Crippen LogP contribution in [0, 0.1) is 0 Å². The number of sulfonamides is 1. The SMILES string of the molecule is CCNC(=NCCCc1ccccc1)NCCS(=O)(=O)N1CC(C)OC(C)C1.I. The lowest BCUT2D eigenvalue weighted by molar-refractivity contribution is -0.0440. The van der Waals surface area contributed by atoms with Gasteiger partial charge in [0.25, 0.3) is 0 Å². The second kappa shape index (κ2) is 13.4. The maximum absolute atomic E-state index is 12.6. The minimum absolute atomic E-state index is 0. The van der Waals surface area contributed by atoms with Crippen LogP contribution in [0.4, 0.5) is 0 Å². The highest BCUT2D eigenvalue weighted by molar-refractivity contribution is 14.0. The van der Waals surface area contributed by atoms with Crippen LogP contribution in [0.25, 0.3) is 0 Å². The number of hydrogen-bond donors (Lipinski definition) is 2. The van der Waals surface area contributed by atoms with Gasteiger partial charge in [0.2, 0.25) is 10.0 Å². The smallest absolute Gasteiger partial charge is 0.216 e. The van der Waals surface area contributed by atoms with Crippen molar-refractivity contribution in [3.63, 3.8) is 0 Å². The summed E-state index contributed by atoms with van der Waals surface area (Å²) in [6.07, 6.45) is 1.78. The van der Waals surface area contributed by atoms with Gasteiger partial charge in [0, 0.05) is 32.7 Å². The van der Waals surface area contributed by atoms with E-state index >= 15 is 0 Å². The van der Waals surface area contributed by atoms with Crippen molar-refractivity contribution in [2.75, 3.05) is 38.5 Å². The molecule has 0 bridgehead atoms. The van der Waals surface area contributed by atoms with Crippen LogP contribution >= 0.6 is 24.0 Å². The first-order valence-corrected chi connectivity index (χ1v) is 11.7. The topological polar surface area (TPSA) is 83.0 Å². The van der Waals surface area contributed by atoms with Crippen molar-refractivity contribution in [3.8, 4) is 0 Å². The second-order valence-corrected chi connectivity index (χ2v) is 9.26. The van der Waals surface area contributed by atoms with Gasteiger partial charge in [-0.15, -0.1) is 24.0 Å². The van der Waals surface area contributed by atoms with E-state index in [0.29, 0.717) is 32.1 Å². The van der Waals surface area contributed by atoms with Crippen molar-refractivity contribution < 1.29 is 13.2 Å². The Morgan fingerprint density at radius 2 is 1.83 bits per heavy atom. The summed E-state index contributed by atoms with van der Waals surface area (Å²) in [4.78, 5) is 4.55. The van der Waals surface area contributed by atoms with E-state index in [2.05, 4.69) is 27.8 Å². The number of ether oxygens (including phenoxy) is 1. The van der Waals surface area contributed by atoms with E-state index in [0.717, 1.165) is 19.4 Å². The van der Waals surface area contributed by atoms with E-state index in [1.54, 1.807) is 0 Å². The fraction of sp³-hybridized carbons (Fsp3) is 0.650. The first-order valence-electron chi connectivity index (χ1n) is 10.1. The number of aliphatic imine (C=N–C) groups is 1. The molecule has 0 amide bonds. The molecule has 0 aromatic heterocycles. The van der Waals surface area contributed by atoms with E-state index in [9.17, 15) is 8.42 Å². The number of benzene rings is 1. The Balaban J connectivity index is 0.00000420. The summed E-state index contributed by atoms with van der Waals surface area (Å²) < 4.78 is 32.4. The number of nitrogens with one attached hydrogen (secondary N) is 2. The zero-order valence-electron chi connectivity index (χ0n) is 17.6. The fourth-order valence-electron chi connectivity index (χ4n) is 3.25. The lowest BCUT2D eigenvalue weighted by atomic mass is 10.1. The molecule has 1 heterocycles. The van der Waals surface area contributed by atoms with Gasteiger partial charge in [-0.3, -0.25) is 4.99 Å². The van der Waals surface area contributed by atoms with E-state index in [4.69, 9.17) is 4.74 Å². The van der Waals surface area contributed by atoms with Gasteiger partial charge in [-0.1, -0.05) is 30.3 Å². The summed E-state index contributed by atoms with van der Waals surface area (Å²) in [5.74, 6) is 0.704. The van der Waals surface area contributed by atoms with Crippen molar-refractivity contribution in [2.45, 2.75) is 45.8 Å². The first kappa shape index (κ1) is 26.1. The molecule has 166 valence electrons. The number of aryl methyl sites for hydroxylation is 1. The highest BCUT2D eigenvalue weighted by Crippen LogP contribution is 2.14. The van der Waals surface area contributed by atoms with Crippen molar-refractivity contribution in [3.05, 3.63) is 35.9 Å². The number of hydrogen-bond acceptors (Lipinski definition) is 4. The van der Waals surface area contributed by atoms with Crippen LogP contribution in [0.2, 0.25) is 0 Å². The van der Waals surface area contributed by atoms with Crippen molar-refractivity contribution >= 4 is 40.0 Å². The maximum Gasteiger partial charge on any atom is 0.216 e. The Labute approximate surface area is 192 Å². The van der Waals surface area contributed by atoms with Crippen LogP contribution < -0.4 is 10.6 Å². The van der Waals surface area contributed by atoms with E-state index in [1.165, 1.54) is 9.87 Å². The normalized spacial score (nSPS) is 20.7. The lowest BCUT2D eigenvalue weighted by Gasteiger charge is -2.34. The third-order valence-electron chi connectivity index (χ3n) is 4.51. The molecule has 29 heavy (non-hydrogen) atoms. The Morgan fingerprint density at radius 3 is 2.45 bits per heavy atom. The molecule has 1 saturated heterocycles. The highest BCUT2D eigenvalue weighted by atomic mass is 127. The number of morpholine rings is 1. The van der Waals surface area contributed by atoms with E-state index < -0.39 is 10.0 Å². The Morgan fingerprint density at radius 1 is 1.17 bits per heavy atom. The van der Waals surface area contributed by atoms with Gasteiger partial charge < -0.3 is 15.4 Å². The second-order valence-electron chi connectivity index (χ2n) is 7.17. The molecule has 0 radical (unpaired) electrons. The number of halogens is 1. The average Bonchev–Trinajstić information content (AvgIpc) is 2.65. The molecule has 7 nitrogen and oxygen atoms in total. The molecular weight excluding hydrogens is 503 g/mol. The van der Waals surface area contributed by atoms with Crippen LogP contribution in [-0.2, 0) is 21.2 Å². The molecule has 9 heteroatoms. The van der Waals surface area contributed by atoms with Crippen LogP contribution in [0.3, 0.4) is 0 Å². The van der Waals surface area contributed by atoms with Crippen molar-refractivity contribution in [2.24, 2.45) is 4.99 Å². The van der Waals surface area contributed by atoms with E-state index in [-0.39, 0.29) is 41.9 Å². The minimum atomic E-state index is -3.31. The lowest BCUT2D eigenvalue weighted by Crippen LogP contribution is -2.50. The largest absolute Gasteiger partial charge is 0.373 e. The van der Waals surface area contributed by atoms with Gasteiger partial charge >= 0.3 is 0 Å². The molecule has 1 aromatic carbocycles. The summed E-state index contributed by atoms with van der Waals surface area (Å²) >= 11 is 0. The molecule has 0 saturated carbocycles. The Hall–Kier alpha value is -0.910. The third-order valence-corrected chi connectivity index (χ3v) is 6.32. The molecule has 1 aliphatic rings. The standard InChI is InChI=1S/C20H34N4O3S.HI/c1-4-21-20(22-12-8-11-19-9-6-5-7-10-19)23-13-14-28(25,26)24-15-17(2)27-18(3)16-24;/h5-7,9-10,17-18H,4,8,11-16H2,1-3H3,(H2,21,22,23);1H. The molecule has 2 N–H and O–H groups in total. The maximum atomic E-state index is 12.6. The fourth-order valence-corrected chi connectivity index (χ4v) is 4.74. The predicted octanol–water partition coefficient (Wildman–Crippen LogP) is 2.23. The first-order chi connectivity index (χ1) is 13.4. The highest BCUT2D eigenvalue weighted by Gasteiger charge is 2.30. The molecule has 1 fully saturated rings. The molecule has 0 aliphatic carbocycles. The Bertz CT molecular complexity index is 706. The van der Waals surface area contributed by atoms with Crippen molar-refractivity contribution in [1.82, 2.24) is 14.9 Å². The third kappa shape index (κ3) is 9.63. The summed E-state index contributed by atoms with van der Waals surface area (Å²) in [5.41, 5.74) is 1.30. The molecule has 1 aromatic rings. The van der Waals surface area contributed by atoms with Gasteiger partial charge in [-0.2, -0.15) is 4.31 Å². The summed E-state index contributed by atoms with van der Waals surface area (Å²) in [6, 6.07) is 10.3. The summed E-state index contributed by atoms with van der Waals surface area (Å²) in [6.45, 7) is 8.39. The molecule has 2 atom stereocenters. The molecule has 2 rings (SSSR count). The monoisotopic (exact) mass is 538 g/mol. The van der Waals surface area contributed by atoms with E-state index in [1.807, 2.05) is 39.0 Å². The number of guanidine groups is 1. The summed E-state index contributed by atoms with van der Waals surface area (Å²) in [5, 5.41) is 6.31. The molecule has 0 spiro atoms. The zero-order chi connectivity index (χ0) is 20.4. The Kier molecular flexibility index (Phi) is 12.1.